The number of allylic oxidation sites excluding steroid dienone is 11. The summed E-state index contributed by atoms with van der Waals surface area (Å²) in [6.45, 7) is 0.220. The SMILES string of the molecule is O=C(O)CC/C=C\C/C=C\C/C=C\C/C=C\C/C=C\C/C=C\CCO. The highest BCUT2D eigenvalue weighted by Crippen LogP contribution is 1.97. The fraction of sp³-hybridized carbons (Fsp3) is 0.409. The minimum atomic E-state index is -0.748. The van der Waals surface area contributed by atoms with Gasteiger partial charge in [0.15, 0.2) is 0 Å². The smallest absolute Gasteiger partial charge is 0.303 e. The third kappa shape index (κ3) is 21.9. The fourth-order valence-corrected chi connectivity index (χ4v) is 1.87. The second-order valence-electron chi connectivity index (χ2n) is 5.45. The van der Waals surface area contributed by atoms with E-state index in [2.05, 4.69) is 54.7 Å². The van der Waals surface area contributed by atoms with E-state index in [1.54, 1.807) is 0 Å². The van der Waals surface area contributed by atoms with E-state index in [1.165, 1.54) is 0 Å². The van der Waals surface area contributed by atoms with Crippen LogP contribution in [0.3, 0.4) is 0 Å². The standard InChI is InChI=1S/C22H32O3/c23-21-19-17-15-13-11-9-7-5-3-1-2-4-6-8-10-12-14-16-18-20-22(24)25/h2-5,8-11,14-17,23H,1,6-7,12-13,18-21H2,(H,24,25)/b4-2-,5-3-,10-8-,11-9-,16-14-,17-15-. The van der Waals surface area contributed by atoms with Gasteiger partial charge in [-0.15, -0.1) is 0 Å². The second kappa shape index (κ2) is 19.9. The van der Waals surface area contributed by atoms with Crippen molar-refractivity contribution in [2.24, 2.45) is 0 Å². The van der Waals surface area contributed by atoms with E-state index in [1.807, 2.05) is 18.2 Å². The fourth-order valence-electron chi connectivity index (χ4n) is 1.87. The van der Waals surface area contributed by atoms with Gasteiger partial charge in [0.2, 0.25) is 0 Å². The maximum Gasteiger partial charge on any atom is 0.303 e. The number of carboxylic acid groups (broad SMARTS) is 1. The van der Waals surface area contributed by atoms with E-state index in [0.29, 0.717) is 6.42 Å². The van der Waals surface area contributed by atoms with Gasteiger partial charge in [-0.1, -0.05) is 72.9 Å². The molecular weight excluding hydrogens is 312 g/mol. The molecule has 0 aromatic rings. The Bertz CT molecular complexity index is 480. The summed E-state index contributed by atoms with van der Waals surface area (Å²) in [6.07, 6.45) is 31.3. The highest BCUT2D eigenvalue weighted by Gasteiger charge is 1.90. The van der Waals surface area contributed by atoms with E-state index in [4.69, 9.17) is 10.2 Å². The quantitative estimate of drug-likeness (QED) is 0.384. The number of aliphatic carboxylic acids is 1. The average Bonchev–Trinajstić information content (AvgIpc) is 2.60. The van der Waals surface area contributed by atoms with Crippen molar-refractivity contribution in [3.05, 3.63) is 72.9 Å². The zero-order chi connectivity index (χ0) is 18.4. The Balaban J connectivity index is 3.51. The molecule has 0 aromatic heterocycles. The van der Waals surface area contributed by atoms with Crippen LogP contribution in [0.2, 0.25) is 0 Å². The Morgan fingerprint density at radius 1 is 0.560 bits per heavy atom. The Labute approximate surface area is 152 Å². The monoisotopic (exact) mass is 344 g/mol. The van der Waals surface area contributed by atoms with Crippen LogP contribution in [-0.2, 0) is 4.79 Å². The predicted molar refractivity (Wildman–Crippen MR) is 106 cm³/mol. The first-order chi connectivity index (χ1) is 12.3. The van der Waals surface area contributed by atoms with Crippen LogP contribution in [0.25, 0.3) is 0 Å². The van der Waals surface area contributed by atoms with Crippen molar-refractivity contribution in [2.45, 2.75) is 51.4 Å². The first-order valence-electron chi connectivity index (χ1n) is 9.00. The molecule has 0 spiro atoms. The summed E-state index contributed by atoms with van der Waals surface area (Å²) in [5.41, 5.74) is 0. The maximum absolute atomic E-state index is 10.3. The molecule has 3 heteroatoms. The molecule has 0 radical (unpaired) electrons. The summed E-state index contributed by atoms with van der Waals surface area (Å²) in [5, 5.41) is 17.1. The topological polar surface area (TPSA) is 57.5 Å². The van der Waals surface area contributed by atoms with Gasteiger partial charge in [-0.3, -0.25) is 4.79 Å². The molecule has 0 heterocycles. The van der Waals surface area contributed by atoms with E-state index < -0.39 is 5.97 Å². The molecule has 0 aromatic carbocycles. The lowest BCUT2D eigenvalue weighted by atomic mass is 10.2. The molecule has 0 fully saturated rings. The summed E-state index contributed by atoms with van der Waals surface area (Å²) in [5.74, 6) is -0.748. The Kier molecular flexibility index (Phi) is 18.2. The average molecular weight is 344 g/mol. The van der Waals surface area contributed by atoms with Gasteiger partial charge >= 0.3 is 5.97 Å². The molecule has 0 saturated heterocycles. The summed E-state index contributed by atoms with van der Waals surface area (Å²) in [7, 11) is 0. The van der Waals surface area contributed by atoms with Crippen molar-refractivity contribution in [3.8, 4) is 0 Å². The molecule has 3 nitrogen and oxygen atoms in total. The molecule has 0 unspecified atom stereocenters. The summed E-state index contributed by atoms with van der Waals surface area (Å²) >= 11 is 0. The van der Waals surface area contributed by atoms with Gasteiger partial charge in [-0.2, -0.15) is 0 Å². The Hall–Kier alpha value is -2.13. The Morgan fingerprint density at radius 3 is 1.20 bits per heavy atom. The van der Waals surface area contributed by atoms with Crippen LogP contribution in [0, 0.1) is 0 Å². The maximum atomic E-state index is 10.3. The summed E-state index contributed by atoms with van der Waals surface area (Å²) < 4.78 is 0. The van der Waals surface area contributed by atoms with Gasteiger partial charge in [-0.05, 0) is 44.9 Å². The van der Waals surface area contributed by atoms with Crippen molar-refractivity contribution in [3.63, 3.8) is 0 Å². The molecule has 0 aliphatic rings. The minimum absolute atomic E-state index is 0.202. The van der Waals surface area contributed by atoms with Crippen LogP contribution in [0.15, 0.2) is 72.9 Å². The number of rotatable bonds is 15. The first kappa shape index (κ1) is 22.9. The lowest BCUT2D eigenvalue weighted by Gasteiger charge is -1.87. The van der Waals surface area contributed by atoms with E-state index in [0.717, 1.165) is 38.5 Å². The van der Waals surface area contributed by atoms with Crippen LogP contribution in [0.4, 0.5) is 0 Å². The second-order valence-corrected chi connectivity index (χ2v) is 5.45. The molecule has 0 atom stereocenters. The van der Waals surface area contributed by atoms with Crippen molar-refractivity contribution in [1.82, 2.24) is 0 Å². The van der Waals surface area contributed by atoms with Crippen LogP contribution in [0.5, 0.6) is 0 Å². The van der Waals surface area contributed by atoms with Crippen molar-refractivity contribution in [2.75, 3.05) is 6.61 Å². The molecule has 0 saturated carbocycles. The highest BCUT2D eigenvalue weighted by atomic mass is 16.4. The van der Waals surface area contributed by atoms with E-state index in [-0.39, 0.29) is 13.0 Å². The third-order valence-corrected chi connectivity index (χ3v) is 3.18. The number of hydrogen-bond donors (Lipinski definition) is 2. The van der Waals surface area contributed by atoms with Crippen LogP contribution in [0.1, 0.15) is 51.4 Å². The van der Waals surface area contributed by atoms with E-state index in [9.17, 15) is 4.79 Å². The summed E-state index contributed by atoms with van der Waals surface area (Å²) in [6, 6.07) is 0. The lowest BCUT2D eigenvalue weighted by Crippen LogP contribution is -1.91. The zero-order valence-corrected chi connectivity index (χ0v) is 15.1. The van der Waals surface area contributed by atoms with Gasteiger partial charge in [0, 0.05) is 13.0 Å². The molecule has 0 aliphatic carbocycles. The molecule has 0 rings (SSSR count). The number of aliphatic hydroxyl groups is 1. The van der Waals surface area contributed by atoms with Crippen LogP contribution in [-0.4, -0.2) is 22.8 Å². The van der Waals surface area contributed by atoms with Crippen LogP contribution >= 0.6 is 0 Å². The van der Waals surface area contributed by atoms with Gasteiger partial charge < -0.3 is 10.2 Å². The zero-order valence-electron chi connectivity index (χ0n) is 15.1. The number of carbonyl (C=O) groups is 1. The minimum Gasteiger partial charge on any atom is -0.481 e. The van der Waals surface area contributed by atoms with Gasteiger partial charge in [0.05, 0.1) is 0 Å². The number of hydrogen-bond acceptors (Lipinski definition) is 2. The van der Waals surface area contributed by atoms with Crippen molar-refractivity contribution >= 4 is 5.97 Å². The predicted octanol–water partition coefficient (Wildman–Crippen LogP) is 5.52. The number of carboxylic acids is 1. The van der Waals surface area contributed by atoms with Gasteiger partial charge in [-0.25, -0.2) is 0 Å². The first-order valence-corrected chi connectivity index (χ1v) is 9.00. The normalized spacial score (nSPS) is 13.0. The molecule has 2 N–H and O–H groups in total. The summed E-state index contributed by atoms with van der Waals surface area (Å²) in [4.78, 5) is 10.3. The number of aliphatic hydroxyl groups excluding tert-OH is 1. The molecular formula is C22H32O3. The van der Waals surface area contributed by atoms with E-state index >= 15 is 0 Å². The highest BCUT2D eigenvalue weighted by molar-refractivity contribution is 5.66. The molecule has 0 aliphatic heterocycles. The third-order valence-electron chi connectivity index (χ3n) is 3.18. The van der Waals surface area contributed by atoms with Crippen molar-refractivity contribution in [1.29, 1.82) is 0 Å². The van der Waals surface area contributed by atoms with Crippen LogP contribution < -0.4 is 0 Å². The molecule has 0 amide bonds. The van der Waals surface area contributed by atoms with Crippen molar-refractivity contribution < 1.29 is 15.0 Å². The molecule has 138 valence electrons. The lowest BCUT2D eigenvalue weighted by molar-refractivity contribution is -0.136. The molecule has 0 bridgehead atoms. The van der Waals surface area contributed by atoms with Gasteiger partial charge in [0.1, 0.15) is 0 Å². The largest absolute Gasteiger partial charge is 0.481 e. The molecule has 25 heavy (non-hydrogen) atoms. The Morgan fingerprint density at radius 2 is 0.880 bits per heavy atom. The van der Waals surface area contributed by atoms with Gasteiger partial charge in [0.25, 0.3) is 0 Å².